The van der Waals surface area contributed by atoms with Gasteiger partial charge in [0.1, 0.15) is 10.3 Å². The zero-order chi connectivity index (χ0) is 20.5. The predicted molar refractivity (Wildman–Crippen MR) is 118 cm³/mol. The number of anilines is 3. The van der Waals surface area contributed by atoms with Gasteiger partial charge in [-0.2, -0.15) is 0 Å². The molecule has 1 amide bonds. The molecule has 0 aliphatic rings. The van der Waals surface area contributed by atoms with Crippen LogP contribution in [0.2, 0.25) is 20.4 Å². The normalized spacial score (nSPS) is 10.9. The van der Waals surface area contributed by atoms with Gasteiger partial charge in [0, 0.05) is 11.3 Å². The molecule has 2 heterocycles. The maximum Gasteiger partial charge on any atom is 0.255 e. The molecule has 6 nitrogen and oxygen atoms in total. The second kappa shape index (κ2) is 8.08. The first-order valence-electron chi connectivity index (χ1n) is 8.24. The molecule has 0 saturated carbocycles. The number of pyridine rings is 1. The molecule has 2 aromatic carbocycles. The number of carbonyl (C=O) groups is 1. The Morgan fingerprint density at radius 1 is 0.897 bits per heavy atom. The van der Waals surface area contributed by atoms with Gasteiger partial charge in [0.25, 0.3) is 5.91 Å². The van der Waals surface area contributed by atoms with Gasteiger partial charge in [-0.25, -0.2) is 9.97 Å². The molecule has 0 aliphatic carbocycles. The average molecular weight is 467 g/mol. The van der Waals surface area contributed by atoms with Gasteiger partial charge >= 0.3 is 0 Å². The summed E-state index contributed by atoms with van der Waals surface area (Å²) < 4.78 is 0. The lowest BCUT2D eigenvalue weighted by atomic mass is 10.2. The molecule has 0 aliphatic heterocycles. The second-order valence-electron chi connectivity index (χ2n) is 5.99. The van der Waals surface area contributed by atoms with Gasteiger partial charge in [-0.1, -0.05) is 52.5 Å². The van der Waals surface area contributed by atoms with Gasteiger partial charge in [-0.15, -0.1) is 0 Å². The third-order valence-electron chi connectivity index (χ3n) is 3.97. The standard InChI is InChI=1S/C19H11Cl4N5O/c20-11-2-1-3-12(21)17(11)28-19-25-13-5-4-9(6-14(13)26-19)18(29)24-10-7-15(22)27-16(23)8-10/h1-8H,(H,24,27,29)(H2,25,26,28). The number of amides is 1. The summed E-state index contributed by atoms with van der Waals surface area (Å²) in [6.07, 6.45) is 0. The summed E-state index contributed by atoms with van der Waals surface area (Å²) in [7, 11) is 0. The molecule has 2 aromatic heterocycles. The number of halogens is 4. The quantitative estimate of drug-likeness (QED) is 0.297. The lowest BCUT2D eigenvalue weighted by Gasteiger charge is -2.07. The second-order valence-corrected chi connectivity index (χ2v) is 7.58. The smallest absolute Gasteiger partial charge is 0.255 e. The highest BCUT2D eigenvalue weighted by Crippen LogP contribution is 2.32. The van der Waals surface area contributed by atoms with Crippen molar-refractivity contribution in [2.75, 3.05) is 10.6 Å². The first-order valence-corrected chi connectivity index (χ1v) is 9.75. The summed E-state index contributed by atoms with van der Waals surface area (Å²) in [6, 6.07) is 13.3. The molecule has 4 aromatic rings. The summed E-state index contributed by atoms with van der Waals surface area (Å²) in [5.41, 5.74) is 2.74. The van der Waals surface area contributed by atoms with Crippen molar-refractivity contribution in [2.24, 2.45) is 0 Å². The molecular formula is C19H11Cl4N5O. The number of carbonyl (C=O) groups excluding carboxylic acids is 1. The van der Waals surface area contributed by atoms with Crippen molar-refractivity contribution in [3.05, 3.63) is 74.4 Å². The third-order valence-corrected chi connectivity index (χ3v) is 4.99. The van der Waals surface area contributed by atoms with Gasteiger partial charge < -0.3 is 15.6 Å². The van der Waals surface area contributed by atoms with Gasteiger partial charge in [-0.05, 0) is 42.5 Å². The molecule has 0 saturated heterocycles. The number of imidazole rings is 1. The molecule has 3 N–H and O–H groups in total. The number of aromatic amines is 1. The number of fused-ring (bicyclic) bond motifs is 1. The van der Waals surface area contributed by atoms with Crippen molar-refractivity contribution >= 4 is 80.7 Å². The molecule has 146 valence electrons. The van der Waals surface area contributed by atoms with Crippen LogP contribution in [0.1, 0.15) is 10.4 Å². The highest BCUT2D eigenvalue weighted by atomic mass is 35.5. The van der Waals surface area contributed by atoms with E-state index in [1.54, 1.807) is 36.4 Å². The molecule has 0 atom stereocenters. The first-order chi connectivity index (χ1) is 13.9. The number of para-hydroxylation sites is 1. The van der Waals surface area contributed by atoms with Crippen LogP contribution in [0.3, 0.4) is 0 Å². The largest absolute Gasteiger partial charge is 0.324 e. The van der Waals surface area contributed by atoms with Crippen LogP contribution >= 0.6 is 46.4 Å². The van der Waals surface area contributed by atoms with Crippen LogP contribution in [0.15, 0.2) is 48.5 Å². The lowest BCUT2D eigenvalue weighted by molar-refractivity contribution is 0.102. The van der Waals surface area contributed by atoms with E-state index in [0.29, 0.717) is 44.0 Å². The Kier molecular flexibility index (Phi) is 5.52. The molecular weight excluding hydrogens is 456 g/mol. The van der Waals surface area contributed by atoms with E-state index >= 15 is 0 Å². The SMILES string of the molecule is O=C(Nc1cc(Cl)nc(Cl)c1)c1ccc2nc(Nc3c(Cl)cccc3Cl)[nH]c2c1. The van der Waals surface area contributed by atoms with E-state index in [-0.39, 0.29) is 16.2 Å². The van der Waals surface area contributed by atoms with E-state index in [2.05, 4.69) is 25.6 Å². The average Bonchev–Trinajstić information content (AvgIpc) is 3.05. The van der Waals surface area contributed by atoms with Crippen LogP contribution in [-0.4, -0.2) is 20.9 Å². The van der Waals surface area contributed by atoms with Gasteiger partial charge in [0.05, 0.1) is 26.8 Å². The number of aromatic nitrogens is 3. The van der Waals surface area contributed by atoms with Crippen molar-refractivity contribution in [3.8, 4) is 0 Å². The Balaban J connectivity index is 1.59. The van der Waals surface area contributed by atoms with Crippen LogP contribution in [0, 0.1) is 0 Å². The molecule has 10 heteroatoms. The lowest BCUT2D eigenvalue weighted by Crippen LogP contribution is -2.11. The van der Waals surface area contributed by atoms with E-state index in [1.807, 2.05) is 0 Å². The number of nitrogens with one attached hydrogen (secondary N) is 3. The fraction of sp³-hybridized carbons (Fsp3) is 0. The summed E-state index contributed by atoms with van der Waals surface area (Å²) in [5, 5.41) is 7.10. The molecule has 29 heavy (non-hydrogen) atoms. The highest BCUT2D eigenvalue weighted by molar-refractivity contribution is 6.39. The van der Waals surface area contributed by atoms with Crippen LogP contribution in [0.25, 0.3) is 11.0 Å². The Bertz CT molecular complexity index is 1200. The van der Waals surface area contributed by atoms with Crippen molar-refractivity contribution in [3.63, 3.8) is 0 Å². The van der Waals surface area contributed by atoms with E-state index in [4.69, 9.17) is 46.4 Å². The Labute approximate surface area is 185 Å². The maximum atomic E-state index is 12.6. The zero-order valence-corrected chi connectivity index (χ0v) is 17.5. The summed E-state index contributed by atoms with van der Waals surface area (Å²) in [5.74, 6) is 0.115. The molecule has 0 spiro atoms. The number of hydrogen-bond donors (Lipinski definition) is 3. The zero-order valence-electron chi connectivity index (χ0n) is 14.4. The van der Waals surface area contributed by atoms with Crippen LogP contribution in [0.4, 0.5) is 17.3 Å². The number of nitrogens with zero attached hydrogens (tertiary/aromatic N) is 2. The van der Waals surface area contributed by atoms with Gasteiger partial charge in [0.2, 0.25) is 5.95 Å². The number of H-pyrrole nitrogens is 1. The number of benzene rings is 2. The van der Waals surface area contributed by atoms with E-state index in [1.165, 1.54) is 12.1 Å². The topological polar surface area (TPSA) is 82.7 Å². The number of hydrogen-bond acceptors (Lipinski definition) is 4. The van der Waals surface area contributed by atoms with Crippen LogP contribution in [-0.2, 0) is 0 Å². The Morgan fingerprint density at radius 3 is 2.28 bits per heavy atom. The maximum absolute atomic E-state index is 12.6. The van der Waals surface area contributed by atoms with Crippen LogP contribution in [0.5, 0.6) is 0 Å². The third kappa shape index (κ3) is 4.41. The van der Waals surface area contributed by atoms with Crippen molar-refractivity contribution in [1.29, 1.82) is 0 Å². The van der Waals surface area contributed by atoms with Gasteiger partial charge in [-0.3, -0.25) is 4.79 Å². The highest BCUT2D eigenvalue weighted by Gasteiger charge is 2.12. The minimum absolute atomic E-state index is 0.186. The Hall–Kier alpha value is -2.51. The predicted octanol–water partition coefficient (Wildman–Crippen LogP) is 6.57. The molecule has 4 rings (SSSR count). The first kappa shape index (κ1) is 19.8. The fourth-order valence-electron chi connectivity index (χ4n) is 2.69. The number of rotatable bonds is 4. The Morgan fingerprint density at radius 2 is 1.59 bits per heavy atom. The van der Waals surface area contributed by atoms with E-state index in [9.17, 15) is 4.79 Å². The molecule has 0 bridgehead atoms. The monoisotopic (exact) mass is 465 g/mol. The summed E-state index contributed by atoms with van der Waals surface area (Å²) in [6.45, 7) is 0. The van der Waals surface area contributed by atoms with E-state index in [0.717, 1.165) is 0 Å². The van der Waals surface area contributed by atoms with Crippen molar-refractivity contribution in [1.82, 2.24) is 15.0 Å². The summed E-state index contributed by atoms with van der Waals surface area (Å²) in [4.78, 5) is 24.0. The molecule has 0 fully saturated rings. The summed E-state index contributed by atoms with van der Waals surface area (Å²) >= 11 is 24.1. The van der Waals surface area contributed by atoms with Crippen molar-refractivity contribution < 1.29 is 4.79 Å². The minimum Gasteiger partial charge on any atom is -0.324 e. The van der Waals surface area contributed by atoms with Crippen LogP contribution < -0.4 is 10.6 Å². The molecule has 0 radical (unpaired) electrons. The van der Waals surface area contributed by atoms with Gasteiger partial charge in [0.15, 0.2) is 0 Å². The fourth-order valence-corrected chi connectivity index (χ4v) is 3.64. The van der Waals surface area contributed by atoms with E-state index < -0.39 is 0 Å². The minimum atomic E-state index is -0.330. The molecule has 0 unspecified atom stereocenters. The van der Waals surface area contributed by atoms with Crippen molar-refractivity contribution in [2.45, 2.75) is 0 Å².